The van der Waals surface area contributed by atoms with Crippen molar-refractivity contribution in [2.45, 2.75) is 39.8 Å². The molecular formula is C32H33F2N6O7P. The number of rotatable bonds is 13. The second-order valence-electron chi connectivity index (χ2n) is 10.7. The van der Waals surface area contributed by atoms with Crippen LogP contribution in [0.4, 0.5) is 14.6 Å². The Bertz CT molecular complexity index is 1890. The number of nitrogens with zero attached hydrogens (tertiary/aromatic N) is 5. The predicted octanol–water partition coefficient (Wildman–Crippen LogP) is 5.69. The van der Waals surface area contributed by atoms with E-state index in [1.54, 1.807) is 38.1 Å². The Morgan fingerprint density at radius 2 is 1.81 bits per heavy atom. The lowest BCUT2D eigenvalue weighted by Gasteiger charge is -2.24. The molecule has 2 amide bonds. The molecule has 252 valence electrons. The van der Waals surface area contributed by atoms with Crippen molar-refractivity contribution in [3.8, 4) is 16.9 Å². The van der Waals surface area contributed by atoms with E-state index in [1.165, 1.54) is 48.7 Å². The summed E-state index contributed by atoms with van der Waals surface area (Å²) in [5.41, 5.74) is 1.32. The van der Waals surface area contributed by atoms with Crippen LogP contribution in [0.2, 0.25) is 0 Å². The van der Waals surface area contributed by atoms with Crippen LogP contribution in [-0.2, 0) is 29.7 Å². The number of carbonyl (C=O) groups is 3. The van der Waals surface area contributed by atoms with Crippen molar-refractivity contribution in [2.24, 2.45) is 0 Å². The molecule has 1 atom stereocenters. The van der Waals surface area contributed by atoms with Gasteiger partial charge in [-0.25, -0.2) is 15.0 Å². The van der Waals surface area contributed by atoms with Gasteiger partial charge in [-0.3, -0.25) is 18.9 Å². The zero-order valence-electron chi connectivity index (χ0n) is 26.4. The van der Waals surface area contributed by atoms with Crippen LogP contribution < -0.4 is 10.1 Å². The number of ether oxygens (including phenoxy) is 1. The molecule has 16 heteroatoms. The fourth-order valence-corrected chi connectivity index (χ4v) is 6.71. The minimum absolute atomic E-state index is 0.118. The van der Waals surface area contributed by atoms with Gasteiger partial charge in [-0.15, -0.1) is 0 Å². The second kappa shape index (κ2) is 14.9. The van der Waals surface area contributed by atoms with E-state index in [1.807, 2.05) is 0 Å². The Labute approximate surface area is 274 Å². The maximum absolute atomic E-state index is 13.8. The summed E-state index contributed by atoms with van der Waals surface area (Å²) in [6.45, 7) is 4.10. The normalized spacial score (nSPS) is 14.7. The highest BCUT2D eigenvalue weighted by molar-refractivity contribution is 7.53. The molecule has 0 aliphatic carbocycles. The highest BCUT2D eigenvalue weighted by Gasteiger charge is 2.39. The van der Waals surface area contributed by atoms with Gasteiger partial charge in [0.15, 0.2) is 12.1 Å². The fraction of sp³-hybridized carbons (Fsp3) is 0.312. The molecule has 1 N–H and O–H groups in total. The molecule has 0 saturated carbocycles. The van der Waals surface area contributed by atoms with E-state index in [2.05, 4.69) is 20.3 Å². The molecule has 1 saturated heterocycles. The molecule has 0 spiro atoms. The molecular weight excluding hydrogens is 649 g/mol. The van der Waals surface area contributed by atoms with Gasteiger partial charge < -0.3 is 28.6 Å². The summed E-state index contributed by atoms with van der Waals surface area (Å²) in [6, 6.07) is 6.86. The first-order valence-electron chi connectivity index (χ1n) is 15.0. The lowest BCUT2D eigenvalue weighted by molar-refractivity contribution is -0.137. The summed E-state index contributed by atoms with van der Waals surface area (Å²) in [4.78, 5) is 53.0. The van der Waals surface area contributed by atoms with Crippen molar-refractivity contribution in [1.82, 2.24) is 24.4 Å². The molecule has 1 fully saturated rings. The number of amides is 2. The highest BCUT2D eigenvalue weighted by atomic mass is 31.2. The number of carbonyl (C=O) groups excluding carboxylic acids is 3. The minimum atomic E-state index is -3.65. The molecule has 0 bridgehead atoms. The van der Waals surface area contributed by atoms with Crippen molar-refractivity contribution in [3.63, 3.8) is 0 Å². The van der Waals surface area contributed by atoms with Gasteiger partial charge in [0.1, 0.15) is 30.5 Å². The standard InChI is InChI=1S/C32H33F2N6O7P/c1-4-46-48(44,47-5-2)19-45-28-12-26-24(11-23(28)22-13-35-18-36-14-22)25(20(3)41)16-39(26)17-30(42)40-15-21(31(33)34)10-27(40)32(43)38-29-8-6-7-9-37-29/h6-9,11-14,16,18,27H,4-5,10,15,17,19H2,1-3H3,(H,37,38,43)/t27-/m0/s1. The van der Waals surface area contributed by atoms with Crippen molar-refractivity contribution in [2.75, 3.05) is 31.4 Å². The molecule has 0 radical (unpaired) electrons. The molecule has 0 unspecified atom stereocenters. The number of likely N-dealkylation sites (tertiary alicyclic amines) is 1. The van der Waals surface area contributed by atoms with Crippen molar-refractivity contribution < 1.29 is 41.5 Å². The van der Waals surface area contributed by atoms with Crippen molar-refractivity contribution in [3.05, 3.63) is 78.7 Å². The van der Waals surface area contributed by atoms with Gasteiger partial charge in [-0.2, -0.15) is 8.78 Å². The first-order valence-corrected chi connectivity index (χ1v) is 16.7. The molecule has 4 heterocycles. The first-order chi connectivity index (χ1) is 23.0. The number of benzene rings is 1. The molecule has 1 aromatic carbocycles. The predicted molar refractivity (Wildman–Crippen MR) is 172 cm³/mol. The van der Waals surface area contributed by atoms with E-state index in [4.69, 9.17) is 13.8 Å². The van der Waals surface area contributed by atoms with Crippen LogP contribution in [0, 0.1) is 0 Å². The lowest BCUT2D eigenvalue weighted by atomic mass is 10.0. The fourth-order valence-electron chi connectivity index (χ4n) is 5.41. The minimum Gasteiger partial charge on any atom is -0.480 e. The molecule has 13 nitrogen and oxygen atoms in total. The molecule has 1 aliphatic rings. The smallest absolute Gasteiger partial charge is 0.367 e. The highest BCUT2D eigenvalue weighted by Crippen LogP contribution is 2.49. The average Bonchev–Trinajstić information content (AvgIpc) is 3.67. The van der Waals surface area contributed by atoms with Gasteiger partial charge in [0, 0.05) is 71.5 Å². The monoisotopic (exact) mass is 682 g/mol. The number of fused-ring (bicyclic) bond motifs is 1. The molecule has 4 aromatic rings. The average molecular weight is 683 g/mol. The van der Waals surface area contributed by atoms with Crippen LogP contribution in [0.25, 0.3) is 22.0 Å². The molecule has 48 heavy (non-hydrogen) atoms. The van der Waals surface area contributed by atoms with Crippen molar-refractivity contribution in [1.29, 1.82) is 0 Å². The molecule has 1 aliphatic heterocycles. The van der Waals surface area contributed by atoms with Gasteiger partial charge in [0.2, 0.25) is 11.8 Å². The number of hydrogen-bond donors (Lipinski definition) is 1. The van der Waals surface area contributed by atoms with Gasteiger partial charge in [0.25, 0.3) is 6.08 Å². The van der Waals surface area contributed by atoms with E-state index < -0.39 is 51.0 Å². The number of Topliss-reactive ketones (excluding diaryl/α,β-unsaturated/α-hetero) is 1. The lowest BCUT2D eigenvalue weighted by Crippen LogP contribution is -2.44. The van der Waals surface area contributed by atoms with Crippen LogP contribution in [0.1, 0.15) is 37.6 Å². The number of nitrogens with one attached hydrogen (secondary N) is 1. The Hall–Kier alpha value is -4.85. The maximum atomic E-state index is 13.8. The number of hydrogen-bond acceptors (Lipinski definition) is 10. The van der Waals surface area contributed by atoms with Crippen LogP contribution in [0.5, 0.6) is 5.75 Å². The third-order valence-corrected chi connectivity index (χ3v) is 9.30. The summed E-state index contributed by atoms with van der Waals surface area (Å²) in [5.74, 6) is -1.19. The van der Waals surface area contributed by atoms with E-state index in [9.17, 15) is 27.7 Å². The second-order valence-corrected chi connectivity index (χ2v) is 12.7. The molecule has 3 aromatic heterocycles. The first kappa shape index (κ1) is 34.5. The molecule has 5 rings (SSSR count). The number of ketones is 1. The topological polar surface area (TPSA) is 155 Å². The number of anilines is 1. The Morgan fingerprint density at radius 1 is 1.08 bits per heavy atom. The van der Waals surface area contributed by atoms with E-state index in [-0.39, 0.29) is 48.1 Å². The van der Waals surface area contributed by atoms with Crippen LogP contribution >= 0.6 is 7.60 Å². The Kier molecular flexibility index (Phi) is 10.7. The maximum Gasteiger partial charge on any atom is 0.367 e. The zero-order chi connectivity index (χ0) is 34.4. The van der Waals surface area contributed by atoms with Crippen molar-refractivity contribution >= 4 is 41.9 Å². The zero-order valence-corrected chi connectivity index (χ0v) is 27.3. The van der Waals surface area contributed by atoms with E-state index in [0.29, 0.717) is 22.0 Å². The summed E-state index contributed by atoms with van der Waals surface area (Å²) >= 11 is 0. The Morgan fingerprint density at radius 3 is 2.44 bits per heavy atom. The number of aromatic nitrogens is 4. The van der Waals surface area contributed by atoms with E-state index >= 15 is 0 Å². The van der Waals surface area contributed by atoms with Gasteiger partial charge in [-0.1, -0.05) is 6.07 Å². The third kappa shape index (κ3) is 7.64. The summed E-state index contributed by atoms with van der Waals surface area (Å²) < 4.78 is 59.0. The summed E-state index contributed by atoms with van der Waals surface area (Å²) in [7, 11) is -3.65. The Balaban J connectivity index is 1.53. The number of pyridine rings is 1. The SMILES string of the molecule is CCOP(=O)(COc1cc2c(cc1-c1cncnc1)c(C(C)=O)cn2CC(=O)N1CC(=C(F)F)C[C@H]1C(=O)Nc1ccccn1)OCC. The largest absolute Gasteiger partial charge is 0.480 e. The third-order valence-electron chi connectivity index (χ3n) is 7.55. The van der Waals surface area contributed by atoms with Gasteiger partial charge >= 0.3 is 7.60 Å². The quantitative estimate of drug-likeness (QED) is 0.137. The van der Waals surface area contributed by atoms with Crippen LogP contribution in [-0.4, -0.2) is 74.2 Å². The summed E-state index contributed by atoms with van der Waals surface area (Å²) in [5, 5.41) is 3.04. The number of halogens is 2. The summed E-state index contributed by atoms with van der Waals surface area (Å²) in [6.07, 6.45) is 4.63. The van der Waals surface area contributed by atoms with E-state index in [0.717, 1.165) is 4.90 Å². The van der Waals surface area contributed by atoms with Gasteiger partial charge in [0.05, 0.1) is 18.7 Å². The van der Waals surface area contributed by atoms with Crippen LogP contribution in [0.3, 0.4) is 0 Å². The van der Waals surface area contributed by atoms with Gasteiger partial charge in [-0.05, 0) is 39.0 Å². The van der Waals surface area contributed by atoms with Crippen LogP contribution in [0.15, 0.2) is 73.1 Å².